The summed E-state index contributed by atoms with van der Waals surface area (Å²) in [5.74, 6) is 0.476. The fraction of sp³-hybridized carbons (Fsp3) is 0.533. The van der Waals surface area contributed by atoms with Crippen molar-refractivity contribution in [2.45, 2.75) is 45.1 Å². The molecule has 1 aliphatic rings. The van der Waals surface area contributed by atoms with Gasteiger partial charge >= 0.3 is 0 Å². The van der Waals surface area contributed by atoms with E-state index >= 15 is 0 Å². The third-order valence-electron chi connectivity index (χ3n) is 3.88. The number of primary amides is 1. The lowest BCUT2D eigenvalue weighted by atomic mass is 9.84. The third-order valence-corrected chi connectivity index (χ3v) is 3.88. The second kappa shape index (κ2) is 5.89. The van der Waals surface area contributed by atoms with Crippen molar-refractivity contribution in [3.8, 4) is 0 Å². The van der Waals surface area contributed by atoms with Gasteiger partial charge in [-0.3, -0.25) is 4.79 Å². The van der Waals surface area contributed by atoms with Crippen molar-refractivity contribution in [2.75, 3.05) is 5.32 Å². The van der Waals surface area contributed by atoms with Gasteiger partial charge in [-0.1, -0.05) is 32.3 Å². The Morgan fingerprint density at radius 1 is 1.44 bits per heavy atom. The van der Waals surface area contributed by atoms with Crippen LogP contribution in [-0.2, 0) is 0 Å². The molecule has 2 rings (SSSR count). The van der Waals surface area contributed by atoms with Crippen molar-refractivity contribution < 1.29 is 4.79 Å². The second-order valence-electron chi connectivity index (χ2n) is 5.23. The van der Waals surface area contributed by atoms with Crippen molar-refractivity contribution >= 4 is 11.6 Å². The van der Waals surface area contributed by atoms with Crippen LogP contribution in [0.4, 0.5) is 5.69 Å². The highest BCUT2D eigenvalue weighted by molar-refractivity contribution is 5.93. The van der Waals surface area contributed by atoms with E-state index in [-0.39, 0.29) is 5.91 Å². The van der Waals surface area contributed by atoms with E-state index in [0.29, 0.717) is 11.6 Å². The van der Waals surface area contributed by atoms with Gasteiger partial charge in [0.1, 0.15) is 0 Å². The van der Waals surface area contributed by atoms with Crippen LogP contribution in [0.25, 0.3) is 0 Å². The molecular formula is C15H22N2O. The molecule has 2 unspecified atom stereocenters. The summed E-state index contributed by atoms with van der Waals surface area (Å²) in [6.07, 6.45) is 6.37. The molecule has 1 saturated carbocycles. The fourth-order valence-electron chi connectivity index (χ4n) is 2.79. The van der Waals surface area contributed by atoms with Crippen LogP contribution in [0, 0.1) is 5.92 Å². The van der Waals surface area contributed by atoms with E-state index in [2.05, 4.69) is 12.2 Å². The topological polar surface area (TPSA) is 55.1 Å². The third kappa shape index (κ3) is 3.25. The van der Waals surface area contributed by atoms with Crippen LogP contribution in [0.1, 0.15) is 49.4 Å². The molecule has 0 radical (unpaired) electrons. The molecule has 0 aliphatic heterocycles. The van der Waals surface area contributed by atoms with Gasteiger partial charge in [0, 0.05) is 17.3 Å². The largest absolute Gasteiger partial charge is 0.382 e. The molecule has 0 bridgehead atoms. The summed E-state index contributed by atoms with van der Waals surface area (Å²) in [6.45, 7) is 2.26. The van der Waals surface area contributed by atoms with E-state index in [1.807, 2.05) is 18.2 Å². The van der Waals surface area contributed by atoms with Crippen molar-refractivity contribution in [1.82, 2.24) is 0 Å². The van der Waals surface area contributed by atoms with Gasteiger partial charge in [0.15, 0.2) is 0 Å². The maximum absolute atomic E-state index is 11.1. The summed E-state index contributed by atoms with van der Waals surface area (Å²) in [7, 11) is 0. The van der Waals surface area contributed by atoms with Crippen molar-refractivity contribution in [2.24, 2.45) is 11.7 Å². The zero-order valence-corrected chi connectivity index (χ0v) is 11.0. The Bertz CT molecular complexity index is 417. The zero-order valence-electron chi connectivity index (χ0n) is 11.0. The predicted molar refractivity (Wildman–Crippen MR) is 74.6 cm³/mol. The Hall–Kier alpha value is -1.51. The first kappa shape index (κ1) is 12.9. The van der Waals surface area contributed by atoms with E-state index in [4.69, 9.17) is 5.73 Å². The summed E-state index contributed by atoms with van der Waals surface area (Å²) < 4.78 is 0. The number of rotatable bonds is 4. The Morgan fingerprint density at radius 3 is 3.00 bits per heavy atom. The highest BCUT2D eigenvalue weighted by Gasteiger charge is 2.20. The quantitative estimate of drug-likeness (QED) is 0.857. The molecule has 3 N–H and O–H groups in total. The Morgan fingerprint density at radius 2 is 2.28 bits per heavy atom. The fourth-order valence-corrected chi connectivity index (χ4v) is 2.79. The normalized spacial score (nSPS) is 23.6. The molecule has 18 heavy (non-hydrogen) atoms. The lowest BCUT2D eigenvalue weighted by Crippen LogP contribution is -2.27. The number of nitrogens with two attached hydrogens (primary N) is 1. The lowest BCUT2D eigenvalue weighted by molar-refractivity contribution is 0.100. The number of carbonyl (C=O) groups is 1. The van der Waals surface area contributed by atoms with Crippen LogP contribution in [0.15, 0.2) is 24.3 Å². The maximum Gasteiger partial charge on any atom is 0.248 e. The Balaban J connectivity index is 2.00. The van der Waals surface area contributed by atoms with Gasteiger partial charge < -0.3 is 11.1 Å². The number of carbonyl (C=O) groups excluding carboxylic acids is 1. The number of hydrogen-bond acceptors (Lipinski definition) is 2. The molecule has 98 valence electrons. The number of hydrogen-bond donors (Lipinski definition) is 2. The first-order valence-electron chi connectivity index (χ1n) is 6.85. The molecule has 2 atom stereocenters. The molecule has 3 heteroatoms. The molecule has 0 saturated heterocycles. The Labute approximate surface area is 109 Å². The summed E-state index contributed by atoms with van der Waals surface area (Å²) in [5, 5.41) is 3.53. The van der Waals surface area contributed by atoms with E-state index in [1.54, 1.807) is 6.07 Å². The monoisotopic (exact) mass is 246 g/mol. The molecule has 0 aromatic heterocycles. The summed E-state index contributed by atoms with van der Waals surface area (Å²) in [6, 6.07) is 8.01. The van der Waals surface area contributed by atoms with Gasteiger partial charge in [0.2, 0.25) is 5.91 Å². The summed E-state index contributed by atoms with van der Waals surface area (Å²) in [4.78, 5) is 11.1. The van der Waals surface area contributed by atoms with Crippen molar-refractivity contribution in [1.29, 1.82) is 0 Å². The molecule has 1 aromatic rings. The Kier molecular flexibility index (Phi) is 4.24. The smallest absolute Gasteiger partial charge is 0.248 e. The predicted octanol–water partition coefficient (Wildman–Crippen LogP) is 3.17. The molecular weight excluding hydrogens is 224 g/mol. The minimum atomic E-state index is -0.367. The van der Waals surface area contributed by atoms with E-state index < -0.39 is 0 Å². The molecule has 1 amide bonds. The molecule has 1 fully saturated rings. The van der Waals surface area contributed by atoms with Gasteiger partial charge in [-0.25, -0.2) is 0 Å². The highest BCUT2D eigenvalue weighted by atomic mass is 16.1. The number of anilines is 1. The van der Waals surface area contributed by atoms with Gasteiger partial charge in [0.05, 0.1) is 0 Å². The van der Waals surface area contributed by atoms with Crippen molar-refractivity contribution in [3.05, 3.63) is 29.8 Å². The maximum atomic E-state index is 11.1. The minimum absolute atomic E-state index is 0.367. The minimum Gasteiger partial charge on any atom is -0.382 e. The lowest BCUT2D eigenvalue weighted by Gasteiger charge is -2.29. The zero-order chi connectivity index (χ0) is 13.0. The van der Waals surface area contributed by atoms with Gasteiger partial charge in [-0.2, -0.15) is 0 Å². The molecule has 0 heterocycles. The number of benzene rings is 1. The standard InChI is InChI=1S/C15H22N2O/c1-2-11-5-3-7-13(9-11)17-14-8-4-6-12(10-14)15(16)18/h4,6,8,10-11,13,17H,2-3,5,7,9H2,1H3,(H2,16,18). The first-order valence-corrected chi connectivity index (χ1v) is 6.85. The van der Waals surface area contributed by atoms with E-state index in [9.17, 15) is 4.79 Å². The molecule has 0 spiro atoms. The first-order chi connectivity index (χ1) is 8.69. The molecule has 1 aromatic carbocycles. The van der Waals surface area contributed by atoms with E-state index in [1.165, 1.54) is 32.1 Å². The SMILES string of the molecule is CCC1CCCC(Nc2cccc(C(N)=O)c2)C1. The van der Waals surface area contributed by atoms with Crippen molar-refractivity contribution in [3.63, 3.8) is 0 Å². The summed E-state index contributed by atoms with van der Waals surface area (Å²) >= 11 is 0. The number of nitrogens with one attached hydrogen (secondary N) is 1. The number of amides is 1. The van der Waals surface area contributed by atoms with E-state index in [0.717, 1.165) is 11.6 Å². The van der Waals surface area contributed by atoms with Crippen LogP contribution in [0.2, 0.25) is 0 Å². The average Bonchev–Trinajstić information content (AvgIpc) is 2.39. The van der Waals surface area contributed by atoms with Gasteiger partial charge in [-0.05, 0) is 37.0 Å². The van der Waals surface area contributed by atoms with Crippen LogP contribution in [0.5, 0.6) is 0 Å². The van der Waals surface area contributed by atoms with Crippen LogP contribution in [0.3, 0.4) is 0 Å². The molecule has 3 nitrogen and oxygen atoms in total. The van der Waals surface area contributed by atoms with Crippen LogP contribution >= 0.6 is 0 Å². The second-order valence-corrected chi connectivity index (χ2v) is 5.23. The summed E-state index contributed by atoms with van der Waals surface area (Å²) in [5.41, 5.74) is 6.87. The highest BCUT2D eigenvalue weighted by Crippen LogP contribution is 2.28. The molecule has 1 aliphatic carbocycles. The van der Waals surface area contributed by atoms with Crippen LogP contribution in [-0.4, -0.2) is 11.9 Å². The van der Waals surface area contributed by atoms with Crippen LogP contribution < -0.4 is 11.1 Å². The van der Waals surface area contributed by atoms with Gasteiger partial charge in [-0.15, -0.1) is 0 Å². The average molecular weight is 246 g/mol. The van der Waals surface area contributed by atoms with Gasteiger partial charge in [0.25, 0.3) is 0 Å².